The van der Waals surface area contributed by atoms with Gasteiger partial charge < -0.3 is 14.8 Å². The van der Waals surface area contributed by atoms with Gasteiger partial charge in [-0.3, -0.25) is 5.43 Å². The standard InChI is InChI=1S/C14H20ClN3O2S/c1-4-6-20-13-11(15)7-10(8-12(13)19-5-2)9-17-18-14(21)16-3/h7-9H,4-6H2,1-3H3,(H2,16,18,21)/b17-9-. The average Bonchev–Trinajstić information content (AvgIpc) is 2.46. The molecular formula is C14H20ClN3O2S. The third-order valence-corrected chi connectivity index (χ3v) is 2.97. The van der Waals surface area contributed by atoms with Crippen LogP contribution in [0.1, 0.15) is 25.8 Å². The van der Waals surface area contributed by atoms with E-state index < -0.39 is 0 Å². The van der Waals surface area contributed by atoms with Crippen molar-refractivity contribution in [2.45, 2.75) is 20.3 Å². The monoisotopic (exact) mass is 329 g/mol. The molecule has 0 saturated carbocycles. The second-order valence-electron chi connectivity index (χ2n) is 4.06. The van der Waals surface area contributed by atoms with Crippen LogP contribution in [0.3, 0.4) is 0 Å². The molecule has 116 valence electrons. The predicted octanol–water partition coefficient (Wildman–Crippen LogP) is 2.96. The van der Waals surface area contributed by atoms with Crippen LogP contribution in [-0.4, -0.2) is 31.6 Å². The summed E-state index contributed by atoms with van der Waals surface area (Å²) in [6, 6.07) is 3.59. The second kappa shape index (κ2) is 9.41. The van der Waals surface area contributed by atoms with Gasteiger partial charge in [-0.05, 0) is 43.3 Å². The molecule has 0 aliphatic carbocycles. The molecule has 0 amide bonds. The molecule has 0 aliphatic rings. The summed E-state index contributed by atoms with van der Waals surface area (Å²) in [5.41, 5.74) is 3.47. The van der Waals surface area contributed by atoms with Crippen LogP contribution >= 0.6 is 23.8 Å². The number of hydrogen-bond donors (Lipinski definition) is 2. The molecule has 0 spiro atoms. The lowest BCUT2D eigenvalue weighted by Gasteiger charge is -2.13. The van der Waals surface area contributed by atoms with Gasteiger partial charge in [0.25, 0.3) is 0 Å². The van der Waals surface area contributed by atoms with E-state index in [-0.39, 0.29) is 0 Å². The van der Waals surface area contributed by atoms with E-state index in [1.807, 2.05) is 19.9 Å². The number of ether oxygens (including phenoxy) is 2. The van der Waals surface area contributed by atoms with E-state index in [1.165, 1.54) is 0 Å². The fourth-order valence-electron chi connectivity index (χ4n) is 1.49. The van der Waals surface area contributed by atoms with Crippen LogP contribution in [0.4, 0.5) is 0 Å². The SMILES string of the molecule is CCCOc1c(Cl)cc(/C=N\NC(=S)NC)cc1OCC. The summed E-state index contributed by atoms with van der Waals surface area (Å²) in [6.45, 7) is 5.06. The lowest BCUT2D eigenvalue weighted by molar-refractivity contribution is 0.277. The highest BCUT2D eigenvalue weighted by molar-refractivity contribution is 7.80. The summed E-state index contributed by atoms with van der Waals surface area (Å²) in [5.74, 6) is 1.17. The van der Waals surface area contributed by atoms with Crippen molar-refractivity contribution in [1.82, 2.24) is 10.7 Å². The highest BCUT2D eigenvalue weighted by atomic mass is 35.5. The maximum atomic E-state index is 6.25. The van der Waals surface area contributed by atoms with Crippen molar-refractivity contribution in [2.75, 3.05) is 20.3 Å². The number of nitrogens with zero attached hydrogens (tertiary/aromatic N) is 1. The Hall–Kier alpha value is -1.53. The first kappa shape index (κ1) is 17.5. The summed E-state index contributed by atoms with van der Waals surface area (Å²) in [5, 5.41) is 7.70. The molecule has 21 heavy (non-hydrogen) atoms. The van der Waals surface area contributed by atoms with Gasteiger partial charge >= 0.3 is 0 Å². The molecule has 0 fully saturated rings. The maximum absolute atomic E-state index is 6.25. The number of hydrogen-bond acceptors (Lipinski definition) is 4. The van der Waals surface area contributed by atoms with Crippen LogP contribution in [-0.2, 0) is 0 Å². The highest BCUT2D eigenvalue weighted by Crippen LogP contribution is 2.36. The van der Waals surface area contributed by atoms with Gasteiger partial charge in [0.1, 0.15) is 0 Å². The van der Waals surface area contributed by atoms with Crippen LogP contribution in [0.5, 0.6) is 11.5 Å². The quantitative estimate of drug-likeness (QED) is 0.457. The molecule has 0 atom stereocenters. The average molecular weight is 330 g/mol. The van der Waals surface area contributed by atoms with Crippen LogP contribution in [0.2, 0.25) is 5.02 Å². The number of rotatable bonds is 7. The summed E-state index contributed by atoms with van der Waals surface area (Å²) < 4.78 is 11.2. The van der Waals surface area contributed by atoms with Crippen molar-refractivity contribution in [3.8, 4) is 11.5 Å². The molecule has 0 unspecified atom stereocenters. The third kappa shape index (κ3) is 5.77. The van der Waals surface area contributed by atoms with Crippen LogP contribution in [0, 0.1) is 0 Å². The lowest BCUT2D eigenvalue weighted by atomic mass is 10.2. The van der Waals surface area contributed by atoms with E-state index in [4.69, 9.17) is 33.3 Å². The maximum Gasteiger partial charge on any atom is 0.186 e. The first-order valence-electron chi connectivity index (χ1n) is 6.72. The number of hydrazone groups is 1. The van der Waals surface area contributed by atoms with E-state index in [2.05, 4.69) is 15.8 Å². The molecule has 0 saturated heterocycles. The Bertz CT molecular complexity index is 509. The number of benzene rings is 1. The molecule has 0 bridgehead atoms. The molecule has 0 aliphatic heterocycles. The van der Waals surface area contributed by atoms with Crippen molar-refractivity contribution in [3.63, 3.8) is 0 Å². The number of halogens is 1. The Morgan fingerprint density at radius 2 is 2.14 bits per heavy atom. The van der Waals surface area contributed by atoms with Crippen molar-refractivity contribution in [2.24, 2.45) is 5.10 Å². The molecular weight excluding hydrogens is 310 g/mol. The minimum absolute atomic E-state index is 0.435. The largest absolute Gasteiger partial charge is 0.490 e. The van der Waals surface area contributed by atoms with Gasteiger partial charge in [0, 0.05) is 7.05 Å². The van der Waals surface area contributed by atoms with Crippen molar-refractivity contribution >= 4 is 35.1 Å². The fourth-order valence-corrected chi connectivity index (χ4v) is 1.82. The summed E-state index contributed by atoms with van der Waals surface area (Å²) in [7, 11) is 1.72. The molecule has 1 aromatic rings. The topological polar surface area (TPSA) is 54.9 Å². The van der Waals surface area contributed by atoms with Gasteiger partial charge in [-0.2, -0.15) is 5.10 Å². The second-order valence-corrected chi connectivity index (χ2v) is 4.88. The van der Waals surface area contributed by atoms with Crippen LogP contribution in [0.15, 0.2) is 17.2 Å². The molecule has 1 rings (SSSR count). The van der Waals surface area contributed by atoms with Gasteiger partial charge in [-0.25, -0.2) is 0 Å². The van der Waals surface area contributed by atoms with Gasteiger partial charge in [0.2, 0.25) is 0 Å². The first-order valence-corrected chi connectivity index (χ1v) is 7.50. The zero-order chi connectivity index (χ0) is 15.7. The fraction of sp³-hybridized carbons (Fsp3) is 0.429. The number of nitrogens with one attached hydrogen (secondary N) is 2. The van der Waals surface area contributed by atoms with Crippen molar-refractivity contribution in [1.29, 1.82) is 0 Å². The minimum Gasteiger partial charge on any atom is -0.490 e. The number of thiocarbonyl (C=S) groups is 1. The Labute approximate surface area is 135 Å². The van der Waals surface area contributed by atoms with Gasteiger partial charge in [0.15, 0.2) is 16.6 Å². The molecule has 5 nitrogen and oxygen atoms in total. The zero-order valence-electron chi connectivity index (χ0n) is 12.4. The molecule has 1 aromatic carbocycles. The smallest absolute Gasteiger partial charge is 0.186 e. The third-order valence-electron chi connectivity index (χ3n) is 2.39. The van der Waals surface area contributed by atoms with E-state index in [9.17, 15) is 0 Å². The lowest BCUT2D eigenvalue weighted by Crippen LogP contribution is -2.28. The Morgan fingerprint density at radius 1 is 1.38 bits per heavy atom. The molecule has 2 N–H and O–H groups in total. The predicted molar refractivity (Wildman–Crippen MR) is 90.8 cm³/mol. The van der Waals surface area contributed by atoms with E-state index in [0.717, 1.165) is 12.0 Å². The van der Waals surface area contributed by atoms with Gasteiger partial charge in [0.05, 0.1) is 24.5 Å². The minimum atomic E-state index is 0.435. The summed E-state index contributed by atoms with van der Waals surface area (Å²) in [4.78, 5) is 0. The van der Waals surface area contributed by atoms with Gasteiger partial charge in [-0.15, -0.1) is 0 Å². The summed E-state index contributed by atoms with van der Waals surface area (Å²) in [6.07, 6.45) is 2.51. The van der Waals surface area contributed by atoms with E-state index in [1.54, 1.807) is 19.3 Å². The Kier molecular flexibility index (Phi) is 7.85. The highest BCUT2D eigenvalue weighted by Gasteiger charge is 2.11. The normalized spacial score (nSPS) is 10.5. The molecule has 7 heteroatoms. The Balaban J connectivity index is 2.94. The van der Waals surface area contributed by atoms with Crippen molar-refractivity contribution < 1.29 is 9.47 Å². The van der Waals surface area contributed by atoms with Crippen LogP contribution in [0.25, 0.3) is 0 Å². The van der Waals surface area contributed by atoms with E-state index >= 15 is 0 Å². The first-order chi connectivity index (χ1) is 10.1. The van der Waals surface area contributed by atoms with Gasteiger partial charge in [-0.1, -0.05) is 18.5 Å². The van der Waals surface area contributed by atoms with Crippen LogP contribution < -0.4 is 20.2 Å². The van der Waals surface area contributed by atoms with E-state index in [0.29, 0.717) is 34.8 Å². The zero-order valence-corrected chi connectivity index (χ0v) is 14.0. The molecule has 0 heterocycles. The molecule has 0 aromatic heterocycles. The summed E-state index contributed by atoms with van der Waals surface area (Å²) >= 11 is 11.2. The van der Waals surface area contributed by atoms with Crippen molar-refractivity contribution in [3.05, 3.63) is 22.7 Å². The Morgan fingerprint density at radius 3 is 2.76 bits per heavy atom. The molecule has 0 radical (unpaired) electrons.